The Labute approximate surface area is 149 Å². The molecular formula is C20H26N4O. The minimum Gasteiger partial charge on any atom is -0.344 e. The van der Waals surface area contributed by atoms with E-state index in [9.17, 15) is 4.79 Å². The van der Waals surface area contributed by atoms with Gasteiger partial charge >= 0.3 is 0 Å². The highest BCUT2D eigenvalue weighted by Gasteiger charge is 2.32. The van der Waals surface area contributed by atoms with Crippen LogP contribution in [0.4, 0.5) is 11.6 Å². The van der Waals surface area contributed by atoms with Crippen molar-refractivity contribution in [1.82, 2.24) is 9.97 Å². The minimum absolute atomic E-state index is 0.0481. The lowest BCUT2D eigenvalue weighted by Gasteiger charge is -2.23. The number of para-hydroxylation sites is 1. The van der Waals surface area contributed by atoms with Gasteiger partial charge in [0.1, 0.15) is 5.69 Å². The van der Waals surface area contributed by atoms with Gasteiger partial charge in [-0.15, -0.1) is 0 Å². The Morgan fingerprint density at radius 1 is 1.32 bits per heavy atom. The third kappa shape index (κ3) is 3.50. The molecule has 0 aliphatic carbocycles. The van der Waals surface area contributed by atoms with E-state index in [1.54, 1.807) is 6.07 Å². The van der Waals surface area contributed by atoms with E-state index >= 15 is 0 Å². The summed E-state index contributed by atoms with van der Waals surface area (Å²) >= 11 is 0. The standard InChI is InChI=1S/C20H26N4O/c1-5-6-11-23(4)20-21-14(2)12-17(22-20)19(25)24-15(3)13-16-9-7-8-10-18(16)24/h7-10,12,15H,5-6,11,13H2,1-4H3. The van der Waals surface area contributed by atoms with E-state index < -0.39 is 0 Å². The van der Waals surface area contributed by atoms with E-state index in [-0.39, 0.29) is 11.9 Å². The summed E-state index contributed by atoms with van der Waals surface area (Å²) < 4.78 is 0. The molecule has 1 unspecified atom stereocenters. The predicted molar refractivity (Wildman–Crippen MR) is 101 cm³/mol. The number of fused-ring (bicyclic) bond motifs is 1. The van der Waals surface area contributed by atoms with Crippen molar-refractivity contribution >= 4 is 17.5 Å². The number of anilines is 2. The Morgan fingerprint density at radius 3 is 2.84 bits per heavy atom. The van der Waals surface area contributed by atoms with Crippen LogP contribution in [0.25, 0.3) is 0 Å². The average molecular weight is 338 g/mol. The fourth-order valence-corrected chi connectivity index (χ4v) is 3.33. The minimum atomic E-state index is -0.0481. The quantitative estimate of drug-likeness (QED) is 0.835. The summed E-state index contributed by atoms with van der Waals surface area (Å²) in [5.41, 5.74) is 3.50. The molecule has 1 aromatic carbocycles. The molecule has 0 radical (unpaired) electrons. The van der Waals surface area contributed by atoms with Gasteiger partial charge in [-0.1, -0.05) is 31.5 Å². The molecule has 3 rings (SSSR count). The summed E-state index contributed by atoms with van der Waals surface area (Å²) in [7, 11) is 1.98. The Morgan fingerprint density at radius 2 is 2.08 bits per heavy atom. The molecule has 1 atom stereocenters. The van der Waals surface area contributed by atoms with Crippen molar-refractivity contribution in [3.05, 3.63) is 47.3 Å². The van der Waals surface area contributed by atoms with Crippen LogP contribution in [-0.2, 0) is 6.42 Å². The van der Waals surface area contributed by atoms with E-state index in [1.807, 2.05) is 42.0 Å². The van der Waals surface area contributed by atoms with E-state index in [0.717, 1.165) is 37.2 Å². The largest absolute Gasteiger partial charge is 0.344 e. The number of hydrogen-bond acceptors (Lipinski definition) is 4. The van der Waals surface area contributed by atoms with Gasteiger partial charge in [0, 0.05) is 31.0 Å². The monoisotopic (exact) mass is 338 g/mol. The molecule has 0 N–H and O–H groups in total. The van der Waals surface area contributed by atoms with Crippen molar-refractivity contribution in [3.63, 3.8) is 0 Å². The number of hydrogen-bond donors (Lipinski definition) is 0. The third-order valence-electron chi connectivity index (χ3n) is 4.68. The molecule has 5 heteroatoms. The van der Waals surface area contributed by atoms with E-state index in [4.69, 9.17) is 0 Å². The molecule has 2 aromatic rings. The summed E-state index contributed by atoms with van der Waals surface area (Å²) in [6.07, 6.45) is 3.08. The number of carbonyl (C=O) groups is 1. The number of unbranched alkanes of at least 4 members (excludes halogenated alkanes) is 1. The van der Waals surface area contributed by atoms with Crippen molar-refractivity contribution in [2.75, 3.05) is 23.4 Å². The number of aryl methyl sites for hydroxylation is 1. The second-order valence-corrected chi connectivity index (χ2v) is 6.83. The fraction of sp³-hybridized carbons (Fsp3) is 0.450. The van der Waals surface area contributed by atoms with Crippen molar-refractivity contribution in [1.29, 1.82) is 0 Å². The Bertz CT molecular complexity index is 774. The first-order valence-electron chi connectivity index (χ1n) is 8.99. The van der Waals surface area contributed by atoms with E-state index in [2.05, 4.69) is 29.9 Å². The van der Waals surface area contributed by atoms with Gasteiger partial charge in [-0.05, 0) is 44.4 Å². The molecule has 0 saturated carbocycles. The zero-order valence-corrected chi connectivity index (χ0v) is 15.5. The van der Waals surface area contributed by atoms with Crippen molar-refractivity contribution in [2.45, 2.75) is 46.1 Å². The highest BCUT2D eigenvalue weighted by Crippen LogP contribution is 2.33. The number of nitrogens with zero attached hydrogens (tertiary/aromatic N) is 4. The van der Waals surface area contributed by atoms with Crippen LogP contribution in [0.2, 0.25) is 0 Å². The zero-order valence-electron chi connectivity index (χ0n) is 15.5. The summed E-state index contributed by atoms with van der Waals surface area (Å²) in [6, 6.07) is 10.0. The van der Waals surface area contributed by atoms with Gasteiger partial charge < -0.3 is 9.80 Å². The smallest absolute Gasteiger partial charge is 0.277 e. The first kappa shape index (κ1) is 17.4. The third-order valence-corrected chi connectivity index (χ3v) is 4.68. The molecule has 1 aliphatic rings. The molecule has 25 heavy (non-hydrogen) atoms. The average Bonchev–Trinajstić information content (AvgIpc) is 2.94. The van der Waals surface area contributed by atoms with Crippen LogP contribution >= 0.6 is 0 Å². The first-order valence-corrected chi connectivity index (χ1v) is 8.99. The SMILES string of the molecule is CCCCN(C)c1nc(C)cc(C(=O)N2c3ccccc3CC2C)n1. The van der Waals surface area contributed by atoms with Gasteiger partial charge in [0.2, 0.25) is 5.95 Å². The molecular weight excluding hydrogens is 312 g/mol. The zero-order chi connectivity index (χ0) is 18.0. The molecule has 1 aromatic heterocycles. The van der Waals surface area contributed by atoms with Crippen LogP contribution in [0.15, 0.2) is 30.3 Å². The van der Waals surface area contributed by atoms with Crippen molar-refractivity contribution in [2.24, 2.45) is 0 Å². The predicted octanol–water partition coefficient (Wildman–Crippen LogP) is 3.61. The van der Waals surface area contributed by atoms with Crippen LogP contribution in [0.3, 0.4) is 0 Å². The maximum absolute atomic E-state index is 13.2. The number of aromatic nitrogens is 2. The molecule has 132 valence electrons. The topological polar surface area (TPSA) is 49.3 Å². The molecule has 0 fully saturated rings. The maximum atomic E-state index is 13.2. The lowest BCUT2D eigenvalue weighted by Crippen LogP contribution is -2.36. The number of amides is 1. The second kappa shape index (κ2) is 7.21. The van der Waals surface area contributed by atoms with Crippen molar-refractivity contribution < 1.29 is 4.79 Å². The Hall–Kier alpha value is -2.43. The highest BCUT2D eigenvalue weighted by molar-refractivity contribution is 6.06. The lowest BCUT2D eigenvalue weighted by molar-refractivity contribution is 0.0976. The molecule has 0 bridgehead atoms. The van der Waals surface area contributed by atoms with Crippen LogP contribution in [0.1, 0.15) is 48.4 Å². The molecule has 2 heterocycles. The normalized spacial score (nSPS) is 16.0. The van der Waals surface area contributed by atoms with Gasteiger partial charge in [-0.2, -0.15) is 0 Å². The lowest BCUT2D eigenvalue weighted by atomic mass is 10.1. The molecule has 5 nitrogen and oxygen atoms in total. The van der Waals surface area contributed by atoms with Crippen LogP contribution in [-0.4, -0.2) is 35.5 Å². The second-order valence-electron chi connectivity index (χ2n) is 6.83. The highest BCUT2D eigenvalue weighted by atomic mass is 16.2. The number of benzene rings is 1. The fourth-order valence-electron chi connectivity index (χ4n) is 3.33. The van der Waals surface area contributed by atoms with Gasteiger partial charge in [-0.25, -0.2) is 9.97 Å². The van der Waals surface area contributed by atoms with Crippen molar-refractivity contribution in [3.8, 4) is 0 Å². The molecule has 1 aliphatic heterocycles. The van der Waals surface area contributed by atoms with E-state index in [0.29, 0.717) is 11.6 Å². The Kier molecular flexibility index (Phi) is 5.02. The first-order chi connectivity index (χ1) is 12.0. The van der Waals surface area contributed by atoms with Crippen LogP contribution in [0.5, 0.6) is 0 Å². The Balaban J connectivity index is 1.91. The maximum Gasteiger partial charge on any atom is 0.277 e. The van der Waals surface area contributed by atoms with Gasteiger partial charge in [0.15, 0.2) is 0 Å². The van der Waals surface area contributed by atoms with Gasteiger partial charge in [-0.3, -0.25) is 4.79 Å². The molecule has 0 spiro atoms. The summed E-state index contributed by atoms with van der Waals surface area (Å²) in [4.78, 5) is 26.1. The summed E-state index contributed by atoms with van der Waals surface area (Å²) in [5.74, 6) is 0.574. The summed E-state index contributed by atoms with van der Waals surface area (Å²) in [5, 5.41) is 0. The number of carbonyl (C=O) groups excluding carboxylic acids is 1. The van der Waals surface area contributed by atoms with Gasteiger partial charge in [0.25, 0.3) is 5.91 Å². The van der Waals surface area contributed by atoms with Crippen LogP contribution < -0.4 is 9.80 Å². The molecule has 1 amide bonds. The number of rotatable bonds is 5. The molecule has 0 saturated heterocycles. The van der Waals surface area contributed by atoms with Gasteiger partial charge in [0.05, 0.1) is 0 Å². The summed E-state index contributed by atoms with van der Waals surface area (Å²) in [6.45, 7) is 7.04. The van der Waals surface area contributed by atoms with Crippen LogP contribution in [0, 0.1) is 6.92 Å². The van der Waals surface area contributed by atoms with E-state index in [1.165, 1.54) is 5.56 Å².